The van der Waals surface area contributed by atoms with Gasteiger partial charge in [-0.25, -0.2) is 8.42 Å². The molecule has 1 atom stereocenters. The van der Waals surface area contributed by atoms with Gasteiger partial charge >= 0.3 is 0 Å². The molecule has 0 spiro atoms. The lowest BCUT2D eigenvalue weighted by Gasteiger charge is -2.32. The molecule has 0 bridgehead atoms. The maximum absolute atomic E-state index is 12.8. The van der Waals surface area contributed by atoms with Crippen molar-refractivity contribution in [1.29, 1.82) is 0 Å². The van der Waals surface area contributed by atoms with Crippen molar-refractivity contribution in [2.45, 2.75) is 24.2 Å². The maximum Gasteiger partial charge on any atom is 0.232 e. The smallest absolute Gasteiger partial charge is 0.232 e. The molecule has 0 saturated carbocycles. The number of sulfone groups is 1. The largest absolute Gasteiger partial charge is 0.387 e. The van der Waals surface area contributed by atoms with Crippen molar-refractivity contribution in [3.8, 4) is 0 Å². The van der Waals surface area contributed by atoms with Gasteiger partial charge in [0.2, 0.25) is 12.3 Å². The number of nitrogens with zero attached hydrogens (tertiary/aromatic N) is 2. The molecule has 7 nitrogen and oxygen atoms in total. The van der Waals surface area contributed by atoms with Crippen LogP contribution in [0.15, 0.2) is 35.2 Å². The van der Waals surface area contributed by atoms with Gasteiger partial charge in [0.05, 0.1) is 32.2 Å². The molecule has 34 heavy (non-hydrogen) atoms. The average Bonchev–Trinajstić information content (AvgIpc) is 3.27. The summed E-state index contributed by atoms with van der Waals surface area (Å²) in [5.41, 5.74) is 2.54. The predicted molar refractivity (Wildman–Crippen MR) is 137 cm³/mol. The van der Waals surface area contributed by atoms with Gasteiger partial charge in [-0.3, -0.25) is 9.59 Å². The van der Waals surface area contributed by atoms with Crippen LogP contribution in [0.2, 0.25) is 15.1 Å². The first-order chi connectivity index (χ1) is 16.0. The van der Waals surface area contributed by atoms with Crippen LogP contribution >= 0.6 is 34.8 Å². The molecule has 0 aliphatic carbocycles. The molecule has 2 aliphatic heterocycles. The van der Waals surface area contributed by atoms with Crippen LogP contribution in [0.4, 0.5) is 11.4 Å². The number of rotatable bonds is 4. The van der Waals surface area contributed by atoms with Crippen LogP contribution in [0, 0.1) is 5.92 Å². The summed E-state index contributed by atoms with van der Waals surface area (Å²) in [7, 11) is -1.44. The number of likely N-dealkylation sites (tertiary alicyclic amines) is 1. The quantitative estimate of drug-likeness (QED) is 0.569. The highest BCUT2D eigenvalue weighted by Crippen LogP contribution is 2.38. The first kappa shape index (κ1) is 26.6. The molecule has 2 amide bonds. The van der Waals surface area contributed by atoms with Gasteiger partial charge in [0.15, 0.2) is 9.84 Å². The molecule has 184 valence electrons. The van der Waals surface area contributed by atoms with Crippen molar-refractivity contribution in [2.24, 2.45) is 5.92 Å². The molecule has 11 heteroatoms. The third-order valence-electron chi connectivity index (χ3n) is 5.83. The molecule has 1 fully saturated rings. The molecular formula is C23H26Cl3N3O4S. The number of fused-ring (bicyclic) bond motifs is 1. The molecule has 1 saturated heterocycles. The molecule has 0 radical (unpaired) electrons. The third-order valence-corrected chi connectivity index (χ3v) is 7.76. The van der Waals surface area contributed by atoms with E-state index in [1.165, 1.54) is 12.1 Å². The van der Waals surface area contributed by atoms with E-state index in [-0.39, 0.29) is 16.7 Å². The number of nitrogens with one attached hydrogen (secondary N) is 1. The van der Waals surface area contributed by atoms with Crippen LogP contribution in [-0.4, -0.2) is 58.6 Å². The number of benzene rings is 2. The van der Waals surface area contributed by atoms with Gasteiger partial charge in [0, 0.05) is 38.0 Å². The lowest BCUT2D eigenvalue weighted by molar-refractivity contribution is -0.122. The Kier molecular flexibility index (Phi) is 8.73. The fraction of sp³-hybridized carbons (Fsp3) is 0.391. The molecule has 2 heterocycles. The van der Waals surface area contributed by atoms with Crippen LogP contribution in [0.1, 0.15) is 18.4 Å². The van der Waals surface area contributed by atoms with Gasteiger partial charge in [0.25, 0.3) is 0 Å². The second-order valence-corrected chi connectivity index (χ2v) is 11.5. The van der Waals surface area contributed by atoms with Gasteiger partial charge in [-0.05, 0) is 55.2 Å². The molecule has 1 N–H and O–H groups in total. The molecule has 1 unspecified atom stereocenters. The summed E-state index contributed by atoms with van der Waals surface area (Å²) in [4.78, 5) is 27.2. The highest BCUT2D eigenvalue weighted by molar-refractivity contribution is 7.90. The Labute approximate surface area is 214 Å². The van der Waals surface area contributed by atoms with E-state index in [2.05, 4.69) is 5.32 Å². The van der Waals surface area contributed by atoms with Gasteiger partial charge in [-0.1, -0.05) is 34.8 Å². The van der Waals surface area contributed by atoms with E-state index >= 15 is 0 Å². The summed E-state index contributed by atoms with van der Waals surface area (Å²) < 4.78 is 22.2. The van der Waals surface area contributed by atoms with E-state index in [9.17, 15) is 18.0 Å². The molecule has 4 rings (SSSR count). The highest BCUT2D eigenvalue weighted by Gasteiger charge is 2.34. The number of hydrogen-bond acceptors (Lipinski definition) is 5. The van der Waals surface area contributed by atoms with Gasteiger partial charge in [0.1, 0.15) is 0 Å². The van der Waals surface area contributed by atoms with Gasteiger partial charge in [-0.15, -0.1) is 0 Å². The highest BCUT2D eigenvalue weighted by atomic mass is 35.5. The summed E-state index contributed by atoms with van der Waals surface area (Å²) in [5, 5.41) is 4.38. The predicted octanol–water partition coefficient (Wildman–Crippen LogP) is 4.54. The Balaban J connectivity index is 0.000000215. The zero-order valence-corrected chi connectivity index (χ0v) is 21.9. The zero-order valence-electron chi connectivity index (χ0n) is 18.9. The van der Waals surface area contributed by atoms with Crippen LogP contribution in [0.5, 0.6) is 0 Å². The molecule has 0 aromatic heterocycles. The van der Waals surface area contributed by atoms with Crippen molar-refractivity contribution in [3.63, 3.8) is 0 Å². The Morgan fingerprint density at radius 1 is 1.12 bits per heavy atom. The molecular weight excluding hydrogens is 521 g/mol. The van der Waals surface area contributed by atoms with E-state index in [4.69, 9.17) is 34.8 Å². The summed E-state index contributed by atoms with van der Waals surface area (Å²) in [5.74, 6) is -0.0718. The van der Waals surface area contributed by atoms with E-state index in [0.29, 0.717) is 46.8 Å². The average molecular weight is 547 g/mol. The molecule has 2 aromatic rings. The second-order valence-electron chi connectivity index (χ2n) is 8.24. The summed E-state index contributed by atoms with van der Waals surface area (Å²) in [6.45, 7) is 1.82. The van der Waals surface area contributed by atoms with Crippen molar-refractivity contribution in [3.05, 3.63) is 51.0 Å². The van der Waals surface area contributed by atoms with Crippen LogP contribution in [-0.2, 0) is 25.8 Å². The first-order valence-electron chi connectivity index (χ1n) is 10.7. The third kappa shape index (κ3) is 6.16. The number of carbonyl (C=O) groups is 2. The Morgan fingerprint density at radius 2 is 1.85 bits per heavy atom. The fourth-order valence-corrected chi connectivity index (χ4v) is 5.73. The number of carbonyl (C=O) groups excluding carboxylic acids is 2. The number of anilines is 2. The van der Waals surface area contributed by atoms with Crippen LogP contribution in [0.3, 0.4) is 0 Å². The molecule has 2 aliphatic rings. The second kappa shape index (κ2) is 11.2. The summed E-state index contributed by atoms with van der Waals surface area (Å²) >= 11 is 18.2. The first-order valence-corrected chi connectivity index (χ1v) is 13.7. The summed E-state index contributed by atoms with van der Waals surface area (Å²) in [6, 6.07) is 8.16. The van der Waals surface area contributed by atoms with Gasteiger partial charge in [-0.2, -0.15) is 0 Å². The van der Waals surface area contributed by atoms with Crippen molar-refractivity contribution < 1.29 is 18.0 Å². The van der Waals surface area contributed by atoms with E-state index < -0.39 is 9.84 Å². The Bertz CT molecular complexity index is 1190. The lowest BCUT2D eigenvalue weighted by atomic mass is 9.99. The number of hydrogen-bond donors (Lipinski definition) is 1. The maximum atomic E-state index is 12.8. The standard InChI is InChI=1S/C15H16Cl2N2O2.C8H10ClNO2S/c16-12-6-10-2-1-4-19(14(10)13(17)7-12)15(21)11-3-5-18(8-11)9-20;1-10-8-4-3-6(5-7(8)9)13(2,11)12/h6-7,9,11H,1-5,8H2;3-5,10H,1-2H3. The lowest BCUT2D eigenvalue weighted by Crippen LogP contribution is -2.40. The number of halogens is 3. The minimum atomic E-state index is -3.16. The van der Waals surface area contributed by atoms with E-state index in [1.54, 1.807) is 29.0 Å². The summed E-state index contributed by atoms with van der Waals surface area (Å²) in [6.07, 6.45) is 4.46. The van der Waals surface area contributed by atoms with Crippen molar-refractivity contribution in [1.82, 2.24) is 4.90 Å². The van der Waals surface area contributed by atoms with E-state index in [0.717, 1.165) is 36.8 Å². The van der Waals surface area contributed by atoms with Crippen LogP contribution < -0.4 is 10.2 Å². The minimum absolute atomic E-state index is 0.0597. The van der Waals surface area contributed by atoms with Crippen LogP contribution in [0.25, 0.3) is 0 Å². The number of aryl methyl sites for hydroxylation is 1. The number of amides is 2. The monoisotopic (exact) mass is 545 g/mol. The van der Waals surface area contributed by atoms with Crippen molar-refractivity contribution >= 4 is 68.3 Å². The SMILES string of the molecule is CNc1ccc(S(C)(=O)=O)cc1Cl.O=CN1CCC(C(=O)N2CCCc3cc(Cl)cc(Cl)c32)C1. The molecule has 2 aromatic carbocycles. The zero-order chi connectivity index (χ0) is 25.0. The topological polar surface area (TPSA) is 86.8 Å². The fourth-order valence-electron chi connectivity index (χ4n) is 4.11. The Morgan fingerprint density at radius 3 is 2.44 bits per heavy atom. The van der Waals surface area contributed by atoms with Gasteiger partial charge < -0.3 is 15.1 Å². The van der Waals surface area contributed by atoms with Crippen molar-refractivity contribution in [2.75, 3.05) is 43.2 Å². The Hall–Kier alpha value is -2.00. The van der Waals surface area contributed by atoms with E-state index in [1.807, 2.05) is 6.07 Å². The normalized spacial score (nSPS) is 17.5. The minimum Gasteiger partial charge on any atom is -0.387 e.